The molecular weight excluding hydrogens is 286 g/mol. The Kier molecular flexibility index (Phi) is 3.78. The van der Waals surface area contributed by atoms with Crippen LogP contribution in [0.5, 0.6) is 0 Å². The number of nitrogen functional groups attached to an aromatic ring is 1. The van der Waals surface area contributed by atoms with Gasteiger partial charge >= 0.3 is 0 Å². The van der Waals surface area contributed by atoms with E-state index in [9.17, 15) is 13.2 Å². The van der Waals surface area contributed by atoms with Crippen LogP contribution >= 0.6 is 11.3 Å². The molecule has 1 aliphatic heterocycles. The van der Waals surface area contributed by atoms with Gasteiger partial charge in [-0.25, -0.2) is 13.4 Å². The summed E-state index contributed by atoms with van der Waals surface area (Å²) in [4.78, 5) is 17.6. The molecule has 0 saturated carbocycles. The average molecular weight is 299 g/mol. The highest BCUT2D eigenvalue weighted by atomic mass is 32.2. The number of terminal acetylenes is 1. The summed E-state index contributed by atoms with van der Waals surface area (Å²) in [6.07, 6.45) is 5.66. The largest absolute Gasteiger partial charge is 0.375 e. The van der Waals surface area contributed by atoms with Gasteiger partial charge in [-0.05, 0) is 6.42 Å². The van der Waals surface area contributed by atoms with E-state index in [-0.39, 0.29) is 35.7 Å². The second kappa shape index (κ2) is 5.19. The molecule has 1 amide bonds. The van der Waals surface area contributed by atoms with Crippen LogP contribution in [-0.4, -0.2) is 48.3 Å². The van der Waals surface area contributed by atoms with Gasteiger partial charge in [0.15, 0.2) is 15.0 Å². The summed E-state index contributed by atoms with van der Waals surface area (Å²) in [6.45, 7) is 0.0659. The van der Waals surface area contributed by atoms with Crippen molar-refractivity contribution in [3.05, 3.63) is 11.1 Å². The van der Waals surface area contributed by atoms with E-state index in [0.29, 0.717) is 11.6 Å². The molecule has 0 spiro atoms. The zero-order valence-corrected chi connectivity index (χ0v) is 11.7. The lowest BCUT2D eigenvalue weighted by atomic mass is 10.2. The lowest BCUT2D eigenvalue weighted by Crippen LogP contribution is -2.41. The quantitative estimate of drug-likeness (QED) is 0.792. The van der Waals surface area contributed by atoms with E-state index in [2.05, 4.69) is 10.9 Å². The van der Waals surface area contributed by atoms with Gasteiger partial charge < -0.3 is 10.6 Å². The molecule has 1 saturated heterocycles. The highest BCUT2D eigenvalue weighted by Crippen LogP contribution is 2.21. The zero-order valence-electron chi connectivity index (χ0n) is 10.1. The number of hydrogen-bond acceptors (Lipinski definition) is 6. The van der Waals surface area contributed by atoms with Crippen molar-refractivity contribution >= 4 is 32.2 Å². The van der Waals surface area contributed by atoms with Crippen molar-refractivity contribution in [1.29, 1.82) is 0 Å². The van der Waals surface area contributed by atoms with Gasteiger partial charge in [0, 0.05) is 11.4 Å². The molecule has 2 N–H and O–H groups in total. The normalized spacial score (nSPS) is 20.9. The first-order chi connectivity index (χ1) is 8.93. The number of aromatic nitrogens is 1. The molecule has 2 rings (SSSR count). The van der Waals surface area contributed by atoms with E-state index in [1.807, 2.05) is 0 Å². The van der Waals surface area contributed by atoms with Gasteiger partial charge in [-0.2, -0.15) is 0 Å². The number of anilines is 1. The molecule has 1 aromatic heterocycles. The summed E-state index contributed by atoms with van der Waals surface area (Å²) < 4.78 is 23.0. The minimum Gasteiger partial charge on any atom is -0.375 e. The molecule has 1 aliphatic rings. The summed E-state index contributed by atoms with van der Waals surface area (Å²) in [6, 6.07) is -0.378. The molecule has 1 atom stereocenters. The Balaban J connectivity index is 2.21. The number of carbonyl (C=O) groups excluding carboxylic acids is 1. The maximum absolute atomic E-state index is 12.3. The standard InChI is InChI=1S/C11H13N3O3S2/c1-2-4-14(8-3-5-19(16,17)7-8)10(15)9-6-18-11(12)13-9/h1,6,8H,3-5,7H2,(H2,12,13). The van der Waals surface area contributed by atoms with Gasteiger partial charge in [0.1, 0.15) is 5.69 Å². The molecule has 0 radical (unpaired) electrons. The molecular formula is C11H13N3O3S2. The maximum Gasteiger partial charge on any atom is 0.274 e. The number of amides is 1. The van der Waals surface area contributed by atoms with Crippen LogP contribution < -0.4 is 5.73 Å². The van der Waals surface area contributed by atoms with Crippen LogP contribution in [-0.2, 0) is 9.84 Å². The van der Waals surface area contributed by atoms with Gasteiger partial charge in [0.25, 0.3) is 5.91 Å². The summed E-state index contributed by atoms with van der Waals surface area (Å²) in [5, 5.41) is 1.84. The summed E-state index contributed by atoms with van der Waals surface area (Å²) >= 11 is 1.16. The minimum absolute atomic E-state index is 0.0416. The van der Waals surface area contributed by atoms with Crippen molar-refractivity contribution in [2.45, 2.75) is 12.5 Å². The Hall–Kier alpha value is -1.59. The van der Waals surface area contributed by atoms with Gasteiger partial charge in [0.05, 0.1) is 18.1 Å². The van der Waals surface area contributed by atoms with E-state index in [4.69, 9.17) is 12.2 Å². The average Bonchev–Trinajstić information content (AvgIpc) is 2.91. The lowest BCUT2D eigenvalue weighted by Gasteiger charge is -2.25. The highest BCUT2D eigenvalue weighted by molar-refractivity contribution is 7.91. The van der Waals surface area contributed by atoms with Crippen LogP contribution in [0.2, 0.25) is 0 Å². The van der Waals surface area contributed by atoms with E-state index < -0.39 is 9.84 Å². The Morgan fingerprint density at radius 2 is 2.42 bits per heavy atom. The molecule has 102 valence electrons. The molecule has 1 unspecified atom stereocenters. The van der Waals surface area contributed by atoms with Crippen LogP contribution in [0.1, 0.15) is 16.9 Å². The zero-order chi connectivity index (χ0) is 14.0. The fraction of sp³-hybridized carbons (Fsp3) is 0.455. The van der Waals surface area contributed by atoms with E-state index in [1.54, 1.807) is 5.38 Å². The van der Waals surface area contributed by atoms with Crippen molar-refractivity contribution in [1.82, 2.24) is 9.88 Å². The van der Waals surface area contributed by atoms with Crippen LogP contribution in [0.15, 0.2) is 5.38 Å². The number of carbonyl (C=O) groups is 1. The highest BCUT2D eigenvalue weighted by Gasteiger charge is 2.35. The monoisotopic (exact) mass is 299 g/mol. The lowest BCUT2D eigenvalue weighted by molar-refractivity contribution is 0.0719. The molecule has 1 fully saturated rings. The van der Waals surface area contributed by atoms with Gasteiger partial charge in [-0.3, -0.25) is 4.79 Å². The fourth-order valence-electron chi connectivity index (χ4n) is 2.02. The molecule has 19 heavy (non-hydrogen) atoms. The Bertz CT molecular complexity index is 630. The molecule has 0 aliphatic carbocycles. The second-order valence-electron chi connectivity index (χ2n) is 4.27. The third-order valence-electron chi connectivity index (χ3n) is 2.91. The maximum atomic E-state index is 12.3. The van der Waals surface area contributed by atoms with Crippen LogP contribution in [0.4, 0.5) is 5.13 Å². The fourth-order valence-corrected chi connectivity index (χ4v) is 4.29. The van der Waals surface area contributed by atoms with Gasteiger partial charge in [-0.1, -0.05) is 5.92 Å². The van der Waals surface area contributed by atoms with Gasteiger partial charge in [-0.15, -0.1) is 17.8 Å². The minimum atomic E-state index is -3.07. The topological polar surface area (TPSA) is 93.4 Å². The predicted molar refractivity (Wildman–Crippen MR) is 73.5 cm³/mol. The molecule has 0 bridgehead atoms. The predicted octanol–water partition coefficient (Wildman–Crippen LogP) is -0.0122. The van der Waals surface area contributed by atoms with Gasteiger partial charge in [0.2, 0.25) is 0 Å². The van der Waals surface area contributed by atoms with Crippen LogP contribution in [0.3, 0.4) is 0 Å². The van der Waals surface area contributed by atoms with E-state index in [1.165, 1.54) is 4.90 Å². The first-order valence-corrected chi connectivity index (χ1v) is 8.29. The Labute approximate surface area is 115 Å². The second-order valence-corrected chi connectivity index (χ2v) is 7.38. The van der Waals surface area contributed by atoms with E-state index >= 15 is 0 Å². The first kappa shape index (κ1) is 13.8. The van der Waals surface area contributed by atoms with Crippen molar-refractivity contribution in [2.75, 3.05) is 23.8 Å². The number of hydrogen-bond donors (Lipinski definition) is 1. The SMILES string of the molecule is C#CCN(C(=O)c1csc(N)n1)C1CCS(=O)(=O)C1. The summed E-state index contributed by atoms with van der Waals surface area (Å²) in [7, 11) is -3.07. The van der Waals surface area contributed by atoms with Crippen molar-refractivity contribution in [3.8, 4) is 12.3 Å². The summed E-state index contributed by atoms with van der Waals surface area (Å²) in [5.41, 5.74) is 5.70. The molecule has 2 heterocycles. The third-order valence-corrected chi connectivity index (χ3v) is 5.34. The first-order valence-electron chi connectivity index (χ1n) is 5.59. The molecule has 1 aromatic rings. The van der Waals surface area contributed by atoms with E-state index in [0.717, 1.165) is 11.3 Å². The Morgan fingerprint density at radius 3 is 2.89 bits per heavy atom. The van der Waals surface area contributed by atoms with Crippen molar-refractivity contribution in [3.63, 3.8) is 0 Å². The van der Waals surface area contributed by atoms with Crippen molar-refractivity contribution in [2.24, 2.45) is 0 Å². The summed E-state index contributed by atoms with van der Waals surface area (Å²) in [5.74, 6) is 2.06. The van der Waals surface area contributed by atoms with Crippen molar-refractivity contribution < 1.29 is 13.2 Å². The third kappa shape index (κ3) is 3.05. The number of nitrogens with zero attached hydrogens (tertiary/aromatic N) is 2. The number of sulfone groups is 1. The number of nitrogens with two attached hydrogens (primary N) is 1. The number of rotatable bonds is 3. The smallest absolute Gasteiger partial charge is 0.274 e. The van der Waals surface area contributed by atoms with Crippen LogP contribution in [0, 0.1) is 12.3 Å². The Morgan fingerprint density at radius 1 is 1.68 bits per heavy atom. The molecule has 8 heteroatoms. The molecule has 6 nitrogen and oxygen atoms in total. The van der Waals surface area contributed by atoms with Crippen LogP contribution in [0.25, 0.3) is 0 Å². The molecule has 0 aromatic carbocycles. The number of thiazole rings is 1.